The zero-order valence-corrected chi connectivity index (χ0v) is 11.7. The predicted molar refractivity (Wildman–Crippen MR) is 75.9 cm³/mol. The zero-order chi connectivity index (χ0) is 15.0. The molecule has 5 heteroatoms. The fourth-order valence-electron chi connectivity index (χ4n) is 2.18. The lowest BCUT2D eigenvalue weighted by atomic mass is 10.1. The SMILES string of the molecule is Cc1ccc(CNc2ccc3c(c2)OC(F)(F)O3)cc1C. The molecule has 0 spiro atoms. The molecular formula is C16H15F2NO2. The molecule has 3 rings (SSSR count). The van der Waals surface area contributed by atoms with Crippen LogP contribution in [0.2, 0.25) is 0 Å². The van der Waals surface area contributed by atoms with Gasteiger partial charge >= 0.3 is 6.29 Å². The summed E-state index contributed by atoms with van der Waals surface area (Å²) in [6.45, 7) is 4.73. The topological polar surface area (TPSA) is 30.5 Å². The number of aryl methyl sites for hydroxylation is 2. The summed E-state index contributed by atoms with van der Waals surface area (Å²) < 4.78 is 34.7. The quantitative estimate of drug-likeness (QED) is 0.917. The second-order valence-electron chi connectivity index (χ2n) is 5.10. The first-order valence-electron chi connectivity index (χ1n) is 6.63. The van der Waals surface area contributed by atoms with Crippen LogP contribution in [-0.2, 0) is 6.54 Å². The van der Waals surface area contributed by atoms with E-state index in [0.717, 1.165) is 5.56 Å². The number of benzene rings is 2. The second kappa shape index (κ2) is 4.91. The molecule has 21 heavy (non-hydrogen) atoms. The summed E-state index contributed by atoms with van der Waals surface area (Å²) in [7, 11) is 0. The molecule has 0 saturated heterocycles. The average Bonchev–Trinajstić information content (AvgIpc) is 2.73. The number of hydrogen-bond donors (Lipinski definition) is 1. The fourth-order valence-corrected chi connectivity index (χ4v) is 2.18. The Morgan fingerprint density at radius 2 is 1.71 bits per heavy atom. The Bertz CT molecular complexity index is 686. The lowest BCUT2D eigenvalue weighted by Gasteiger charge is -2.09. The maximum Gasteiger partial charge on any atom is 0.586 e. The molecule has 1 N–H and O–H groups in total. The number of nitrogens with one attached hydrogen (secondary N) is 1. The van der Waals surface area contributed by atoms with Crippen LogP contribution in [0.15, 0.2) is 36.4 Å². The fraction of sp³-hybridized carbons (Fsp3) is 0.250. The van der Waals surface area contributed by atoms with Gasteiger partial charge in [-0.1, -0.05) is 18.2 Å². The zero-order valence-electron chi connectivity index (χ0n) is 11.7. The van der Waals surface area contributed by atoms with Gasteiger partial charge in [-0.15, -0.1) is 8.78 Å². The summed E-state index contributed by atoms with van der Waals surface area (Å²) in [5.74, 6) is 0.0989. The summed E-state index contributed by atoms with van der Waals surface area (Å²) in [5.41, 5.74) is 4.29. The standard InChI is InChI=1S/C16H15F2NO2/c1-10-3-4-12(7-11(10)2)9-19-13-5-6-14-15(8-13)21-16(17,18)20-14/h3-8,19H,9H2,1-2H3. The van der Waals surface area contributed by atoms with Crippen LogP contribution in [0.4, 0.5) is 14.5 Å². The minimum Gasteiger partial charge on any atom is -0.395 e. The minimum atomic E-state index is -3.57. The molecule has 2 aromatic carbocycles. The van der Waals surface area contributed by atoms with Gasteiger partial charge in [0.25, 0.3) is 0 Å². The summed E-state index contributed by atoms with van der Waals surface area (Å²) in [4.78, 5) is 0. The van der Waals surface area contributed by atoms with E-state index in [4.69, 9.17) is 0 Å². The van der Waals surface area contributed by atoms with Gasteiger partial charge in [-0.05, 0) is 42.7 Å². The van der Waals surface area contributed by atoms with Gasteiger partial charge in [0.2, 0.25) is 0 Å². The molecule has 0 unspecified atom stereocenters. The van der Waals surface area contributed by atoms with Crippen molar-refractivity contribution in [3.63, 3.8) is 0 Å². The highest BCUT2D eigenvalue weighted by Crippen LogP contribution is 2.42. The van der Waals surface area contributed by atoms with Gasteiger partial charge in [-0.2, -0.15) is 0 Å². The second-order valence-corrected chi connectivity index (χ2v) is 5.10. The van der Waals surface area contributed by atoms with E-state index in [1.165, 1.54) is 23.3 Å². The van der Waals surface area contributed by atoms with Gasteiger partial charge in [-0.25, -0.2) is 0 Å². The first-order chi connectivity index (χ1) is 9.93. The van der Waals surface area contributed by atoms with Crippen molar-refractivity contribution in [2.24, 2.45) is 0 Å². The van der Waals surface area contributed by atoms with Crippen LogP contribution in [0.5, 0.6) is 11.5 Å². The molecule has 1 aliphatic heterocycles. The van der Waals surface area contributed by atoms with Crippen molar-refractivity contribution in [1.29, 1.82) is 0 Å². The summed E-state index contributed by atoms with van der Waals surface area (Å²) in [5, 5.41) is 3.18. The highest BCUT2D eigenvalue weighted by Gasteiger charge is 2.43. The molecule has 110 valence electrons. The molecule has 0 aromatic heterocycles. The summed E-state index contributed by atoms with van der Waals surface area (Å²) >= 11 is 0. The van der Waals surface area contributed by atoms with E-state index in [1.54, 1.807) is 6.07 Å². The number of alkyl halides is 2. The summed E-state index contributed by atoms with van der Waals surface area (Å²) in [6, 6.07) is 10.9. The van der Waals surface area contributed by atoms with E-state index in [-0.39, 0.29) is 11.5 Å². The van der Waals surface area contributed by atoms with Crippen molar-refractivity contribution < 1.29 is 18.3 Å². The minimum absolute atomic E-state index is 0.0464. The smallest absolute Gasteiger partial charge is 0.395 e. The molecule has 0 atom stereocenters. The number of rotatable bonds is 3. The van der Waals surface area contributed by atoms with Crippen LogP contribution in [0.1, 0.15) is 16.7 Å². The Labute approximate surface area is 121 Å². The van der Waals surface area contributed by atoms with Gasteiger partial charge < -0.3 is 14.8 Å². The van der Waals surface area contributed by atoms with Crippen molar-refractivity contribution in [3.8, 4) is 11.5 Å². The van der Waals surface area contributed by atoms with Crippen molar-refractivity contribution >= 4 is 5.69 Å². The van der Waals surface area contributed by atoms with Crippen LogP contribution in [0, 0.1) is 13.8 Å². The van der Waals surface area contributed by atoms with Gasteiger partial charge in [0, 0.05) is 18.3 Å². The average molecular weight is 291 g/mol. The molecule has 2 aromatic rings. The molecule has 3 nitrogen and oxygen atoms in total. The molecule has 0 aliphatic carbocycles. The van der Waals surface area contributed by atoms with Crippen molar-refractivity contribution in [1.82, 2.24) is 0 Å². The first kappa shape index (κ1) is 13.7. The normalized spacial score (nSPS) is 15.0. The molecular weight excluding hydrogens is 276 g/mol. The molecule has 0 radical (unpaired) electrons. The summed E-state index contributed by atoms with van der Waals surface area (Å²) in [6.07, 6.45) is -3.57. The van der Waals surface area contributed by atoms with Gasteiger partial charge in [0.05, 0.1) is 0 Å². The van der Waals surface area contributed by atoms with Crippen LogP contribution >= 0.6 is 0 Å². The molecule has 0 saturated carbocycles. The third-order valence-corrected chi connectivity index (χ3v) is 3.47. The number of hydrogen-bond acceptors (Lipinski definition) is 3. The number of fused-ring (bicyclic) bond motifs is 1. The molecule has 1 aliphatic rings. The van der Waals surface area contributed by atoms with Gasteiger partial charge in [0.1, 0.15) is 0 Å². The van der Waals surface area contributed by atoms with Gasteiger partial charge in [0.15, 0.2) is 11.5 Å². The molecule has 0 amide bonds. The van der Waals surface area contributed by atoms with Crippen molar-refractivity contribution in [2.75, 3.05) is 5.32 Å². The lowest BCUT2D eigenvalue weighted by Crippen LogP contribution is -2.25. The van der Waals surface area contributed by atoms with E-state index < -0.39 is 6.29 Å². The van der Waals surface area contributed by atoms with Crippen molar-refractivity contribution in [3.05, 3.63) is 53.1 Å². The predicted octanol–water partition coefficient (Wildman–Crippen LogP) is 4.24. The highest BCUT2D eigenvalue weighted by atomic mass is 19.3. The Morgan fingerprint density at radius 1 is 0.952 bits per heavy atom. The first-order valence-corrected chi connectivity index (χ1v) is 6.63. The Balaban J connectivity index is 1.71. The Kier molecular flexibility index (Phi) is 3.20. The van der Waals surface area contributed by atoms with E-state index in [0.29, 0.717) is 12.2 Å². The maximum absolute atomic E-state index is 12.9. The monoisotopic (exact) mass is 291 g/mol. The molecule has 0 fully saturated rings. The highest BCUT2D eigenvalue weighted by molar-refractivity contribution is 5.56. The molecule has 0 bridgehead atoms. The molecule has 1 heterocycles. The number of anilines is 1. The van der Waals surface area contributed by atoms with Crippen LogP contribution in [0.25, 0.3) is 0 Å². The largest absolute Gasteiger partial charge is 0.586 e. The Hall–Kier alpha value is -2.30. The third-order valence-electron chi connectivity index (χ3n) is 3.47. The lowest BCUT2D eigenvalue weighted by molar-refractivity contribution is -0.286. The number of halogens is 2. The van der Waals surface area contributed by atoms with Crippen molar-refractivity contribution in [2.45, 2.75) is 26.7 Å². The Morgan fingerprint density at radius 3 is 2.48 bits per heavy atom. The van der Waals surface area contributed by atoms with E-state index in [9.17, 15) is 8.78 Å². The van der Waals surface area contributed by atoms with E-state index in [2.05, 4.69) is 40.8 Å². The van der Waals surface area contributed by atoms with Crippen LogP contribution in [0.3, 0.4) is 0 Å². The third kappa shape index (κ3) is 2.91. The maximum atomic E-state index is 12.9. The van der Waals surface area contributed by atoms with Crippen LogP contribution in [-0.4, -0.2) is 6.29 Å². The van der Waals surface area contributed by atoms with E-state index >= 15 is 0 Å². The van der Waals surface area contributed by atoms with Crippen LogP contribution < -0.4 is 14.8 Å². The number of ether oxygens (including phenoxy) is 2. The van der Waals surface area contributed by atoms with E-state index in [1.807, 2.05) is 6.07 Å². The van der Waals surface area contributed by atoms with Gasteiger partial charge in [-0.3, -0.25) is 0 Å².